The molecule has 35 heavy (non-hydrogen) atoms. The van der Waals surface area contributed by atoms with Crippen LogP contribution in [0.3, 0.4) is 0 Å². The van der Waals surface area contributed by atoms with Crippen LogP contribution in [0.15, 0.2) is 66.7 Å². The molecule has 6 nitrogen and oxygen atoms in total. The van der Waals surface area contributed by atoms with Gasteiger partial charge < -0.3 is 24.4 Å². The zero-order chi connectivity index (χ0) is 24.2. The Hall–Kier alpha value is -3.51. The Labute approximate surface area is 206 Å². The first-order valence-electron chi connectivity index (χ1n) is 12.2. The number of nitrogens with zero attached hydrogens (tertiary/aromatic N) is 1. The molecule has 1 aliphatic heterocycles. The summed E-state index contributed by atoms with van der Waals surface area (Å²) in [6, 6.07) is 22.8. The lowest BCUT2D eigenvalue weighted by Crippen LogP contribution is -2.48. The second-order valence-electron chi connectivity index (χ2n) is 9.15. The third-order valence-corrected chi connectivity index (χ3v) is 7.09. The standard InChI is InChI=1S/C29H32N2O4/c1-33-22-14-13-20(28(16-22)34-2)17-30-21-8-7-15-31(18-21)29(32)35-19-27-25-11-5-3-9-23(25)24-10-4-6-12-26(24)27/h3-6,9-14,16,21,27,30H,7-8,15,17-19H2,1-2H3/t21-/m1/s1. The Kier molecular flexibility index (Phi) is 6.91. The molecule has 3 aromatic rings. The van der Waals surface area contributed by atoms with E-state index in [1.54, 1.807) is 14.2 Å². The molecule has 0 saturated carbocycles. The molecule has 0 aromatic heterocycles. The lowest BCUT2D eigenvalue weighted by Gasteiger charge is -2.33. The number of benzene rings is 3. The zero-order valence-electron chi connectivity index (χ0n) is 20.3. The van der Waals surface area contributed by atoms with Crippen molar-refractivity contribution in [1.82, 2.24) is 10.2 Å². The van der Waals surface area contributed by atoms with E-state index in [1.165, 1.54) is 22.3 Å². The number of likely N-dealkylation sites (tertiary alicyclic amines) is 1. The first kappa shape index (κ1) is 23.2. The number of rotatable bonds is 7. The molecule has 0 radical (unpaired) electrons. The van der Waals surface area contributed by atoms with E-state index in [4.69, 9.17) is 14.2 Å². The number of amides is 1. The number of ether oxygens (including phenoxy) is 3. The predicted octanol–water partition coefficient (Wildman–Crippen LogP) is 5.21. The number of hydrogen-bond acceptors (Lipinski definition) is 5. The number of methoxy groups -OCH3 is 2. The SMILES string of the molecule is COc1ccc(CN[C@@H]2CCCN(C(=O)OCC3c4ccccc4-c4ccccc43)C2)c(OC)c1. The van der Waals surface area contributed by atoms with Crippen LogP contribution in [0.1, 0.15) is 35.4 Å². The van der Waals surface area contributed by atoms with Gasteiger partial charge in [0.25, 0.3) is 0 Å². The van der Waals surface area contributed by atoms with Crippen molar-refractivity contribution in [3.8, 4) is 22.6 Å². The lowest BCUT2D eigenvalue weighted by molar-refractivity contribution is 0.0864. The van der Waals surface area contributed by atoms with Crippen LogP contribution >= 0.6 is 0 Å². The minimum absolute atomic E-state index is 0.0765. The van der Waals surface area contributed by atoms with Gasteiger partial charge in [0.1, 0.15) is 18.1 Å². The number of piperidine rings is 1. The third kappa shape index (κ3) is 4.84. The predicted molar refractivity (Wildman–Crippen MR) is 136 cm³/mol. The Morgan fingerprint density at radius 1 is 0.971 bits per heavy atom. The summed E-state index contributed by atoms with van der Waals surface area (Å²) in [5.74, 6) is 1.64. The van der Waals surface area contributed by atoms with Gasteiger partial charge in [-0.1, -0.05) is 54.6 Å². The summed E-state index contributed by atoms with van der Waals surface area (Å²) < 4.78 is 16.7. The van der Waals surface area contributed by atoms with Crippen LogP contribution in [0.5, 0.6) is 11.5 Å². The quantitative estimate of drug-likeness (QED) is 0.512. The van der Waals surface area contributed by atoms with E-state index >= 15 is 0 Å². The summed E-state index contributed by atoms with van der Waals surface area (Å²) in [6.07, 6.45) is 1.73. The van der Waals surface area contributed by atoms with Gasteiger partial charge in [0.2, 0.25) is 0 Å². The maximum atomic E-state index is 13.0. The Morgan fingerprint density at radius 2 is 1.69 bits per heavy atom. The molecule has 1 aliphatic carbocycles. The first-order chi connectivity index (χ1) is 17.2. The van der Waals surface area contributed by atoms with Gasteiger partial charge in [-0.05, 0) is 41.2 Å². The van der Waals surface area contributed by atoms with Crippen LogP contribution in [-0.2, 0) is 11.3 Å². The largest absolute Gasteiger partial charge is 0.497 e. The second-order valence-corrected chi connectivity index (χ2v) is 9.15. The highest BCUT2D eigenvalue weighted by Gasteiger charge is 2.30. The molecular weight excluding hydrogens is 440 g/mol. The number of carbonyl (C=O) groups is 1. The molecule has 2 aliphatic rings. The fourth-order valence-electron chi connectivity index (χ4n) is 5.25. The van der Waals surface area contributed by atoms with Gasteiger partial charge in [-0.25, -0.2) is 4.79 Å². The van der Waals surface area contributed by atoms with Crippen LogP contribution < -0.4 is 14.8 Å². The highest BCUT2D eigenvalue weighted by Crippen LogP contribution is 2.44. The molecule has 3 aromatic carbocycles. The maximum absolute atomic E-state index is 13.0. The average Bonchev–Trinajstić information content (AvgIpc) is 3.24. The van der Waals surface area contributed by atoms with Gasteiger partial charge in [0.15, 0.2) is 0 Å². The third-order valence-electron chi connectivity index (χ3n) is 7.09. The van der Waals surface area contributed by atoms with Crippen LogP contribution in [0.25, 0.3) is 11.1 Å². The number of hydrogen-bond donors (Lipinski definition) is 1. The second kappa shape index (κ2) is 10.4. The maximum Gasteiger partial charge on any atom is 0.409 e. The van der Waals surface area contributed by atoms with E-state index in [2.05, 4.69) is 53.8 Å². The molecule has 182 valence electrons. The molecule has 0 unspecified atom stereocenters. The van der Waals surface area contributed by atoms with Crippen LogP contribution in [0.4, 0.5) is 4.79 Å². The Bertz CT molecular complexity index is 1150. The van der Waals surface area contributed by atoms with Crippen molar-refractivity contribution in [2.45, 2.75) is 31.3 Å². The van der Waals surface area contributed by atoms with Gasteiger partial charge >= 0.3 is 6.09 Å². The monoisotopic (exact) mass is 472 g/mol. The summed E-state index contributed by atoms with van der Waals surface area (Å²) in [5.41, 5.74) is 5.99. The number of nitrogens with one attached hydrogen (secondary N) is 1. The topological polar surface area (TPSA) is 60.0 Å². The van der Waals surface area contributed by atoms with Gasteiger partial charge in [0, 0.05) is 43.2 Å². The fraction of sp³-hybridized carbons (Fsp3) is 0.345. The van der Waals surface area contributed by atoms with E-state index < -0.39 is 0 Å². The van der Waals surface area contributed by atoms with E-state index in [-0.39, 0.29) is 18.1 Å². The molecule has 5 rings (SSSR count). The van der Waals surface area contributed by atoms with Gasteiger partial charge in [0.05, 0.1) is 14.2 Å². The summed E-state index contributed by atoms with van der Waals surface area (Å²) >= 11 is 0. The Morgan fingerprint density at radius 3 is 2.37 bits per heavy atom. The fourth-order valence-corrected chi connectivity index (χ4v) is 5.25. The van der Waals surface area contributed by atoms with Crippen LogP contribution in [0, 0.1) is 0 Å². The molecule has 1 amide bonds. The number of fused-ring (bicyclic) bond motifs is 3. The van der Waals surface area contributed by atoms with Crippen molar-refractivity contribution in [3.63, 3.8) is 0 Å². The normalized spacial score (nSPS) is 17.0. The Balaban J connectivity index is 1.18. The molecule has 6 heteroatoms. The van der Waals surface area contributed by atoms with Crippen LogP contribution in [-0.4, -0.2) is 51.0 Å². The molecule has 0 spiro atoms. The molecule has 1 saturated heterocycles. The van der Waals surface area contributed by atoms with Crippen molar-refractivity contribution < 1.29 is 19.0 Å². The number of carbonyl (C=O) groups excluding carboxylic acids is 1. The van der Waals surface area contributed by atoms with Gasteiger partial charge in [-0.3, -0.25) is 0 Å². The molecule has 0 bridgehead atoms. The van der Waals surface area contributed by atoms with Crippen molar-refractivity contribution in [3.05, 3.63) is 83.4 Å². The van der Waals surface area contributed by atoms with Crippen molar-refractivity contribution in [2.24, 2.45) is 0 Å². The van der Waals surface area contributed by atoms with Crippen molar-refractivity contribution >= 4 is 6.09 Å². The van der Waals surface area contributed by atoms with E-state index in [0.717, 1.165) is 36.4 Å². The van der Waals surface area contributed by atoms with Gasteiger partial charge in [-0.2, -0.15) is 0 Å². The molecule has 1 fully saturated rings. The minimum Gasteiger partial charge on any atom is -0.497 e. The first-order valence-corrected chi connectivity index (χ1v) is 12.2. The summed E-state index contributed by atoms with van der Waals surface area (Å²) in [5, 5.41) is 3.59. The van der Waals surface area contributed by atoms with Crippen molar-refractivity contribution in [2.75, 3.05) is 33.9 Å². The molecule has 1 heterocycles. The molecule has 1 N–H and O–H groups in total. The highest BCUT2D eigenvalue weighted by molar-refractivity contribution is 5.79. The highest BCUT2D eigenvalue weighted by atomic mass is 16.6. The van der Waals surface area contributed by atoms with Crippen LogP contribution in [0.2, 0.25) is 0 Å². The molecule has 1 atom stereocenters. The summed E-state index contributed by atoms with van der Waals surface area (Å²) in [7, 11) is 3.31. The minimum atomic E-state index is -0.236. The zero-order valence-corrected chi connectivity index (χ0v) is 20.3. The smallest absolute Gasteiger partial charge is 0.409 e. The average molecular weight is 473 g/mol. The summed E-state index contributed by atoms with van der Waals surface area (Å²) in [6.45, 7) is 2.37. The van der Waals surface area contributed by atoms with Gasteiger partial charge in [-0.15, -0.1) is 0 Å². The van der Waals surface area contributed by atoms with E-state index in [0.29, 0.717) is 19.7 Å². The summed E-state index contributed by atoms with van der Waals surface area (Å²) in [4.78, 5) is 14.8. The van der Waals surface area contributed by atoms with E-state index in [1.807, 2.05) is 23.1 Å². The molecular formula is C29H32N2O4. The van der Waals surface area contributed by atoms with E-state index in [9.17, 15) is 4.79 Å². The van der Waals surface area contributed by atoms with Crippen molar-refractivity contribution in [1.29, 1.82) is 0 Å². The lowest BCUT2D eigenvalue weighted by atomic mass is 9.98.